The van der Waals surface area contributed by atoms with Gasteiger partial charge in [-0.05, 0) is 44.5 Å². The van der Waals surface area contributed by atoms with Gasteiger partial charge in [0.05, 0.1) is 0 Å². The van der Waals surface area contributed by atoms with E-state index in [2.05, 4.69) is 46.5 Å². The summed E-state index contributed by atoms with van der Waals surface area (Å²) in [6.45, 7) is 11.2. The average molecular weight is 358 g/mol. The first-order valence-corrected chi connectivity index (χ1v) is 8.26. The molecule has 0 amide bonds. The van der Waals surface area contributed by atoms with E-state index in [1.165, 1.54) is 6.07 Å². The minimum absolute atomic E-state index is 0.0668. The molecule has 21 heavy (non-hydrogen) atoms. The van der Waals surface area contributed by atoms with E-state index in [1.807, 2.05) is 0 Å². The van der Waals surface area contributed by atoms with Crippen LogP contribution in [-0.2, 0) is 0 Å². The molecule has 3 nitrogen and oxygen atoms in total. The van der Waals surface area contributed by atoms with Gasteiger partial charge in [0.25, 0.3) is 0 Å². The predicted molar refractivity (Wildman–Crippen MR) is 88.8 cm³/mol. The highest BCUT2D eigenvalue weighted by molar-refractivity contribution is 9.10. The van der Waals surface area contributed by atoms with Crippen molar-refractivity contribution in [3.63, 3.8) is 0 Å². The highest BCUT2D eigenvalue weighted by atomic mass is 79.9. The minimum Gasteiger partial charge on any atom is -0.329 e. The fourth-order valence-electron chi connectivity index (χ4n) is 2.95. The number of rotatable bonds is 3. The Balaban J connectivity index is 2.11. The topological polar surface area (TPSA) is 32.5 Å². The Kier molecular flexibility index (Phi) is 5.41. The second-order valence-corrected chi connectivity index (χ2v) is 7.47. The molecule has 1 aliphatic rings. The van der Waals surface area contributed by atoms with Gasteiger partial charge in [0.2, 0.25) is 0 Å². The van der Waals surface area contributed by atoms with Crippen LogP contribution in [0.4, 0.5) is 4.39 Å². The molecule has 0 aromatic heterocycles. The zero-order chi connectivity index (χ0) is 15.6. The highest BCUT2D eigenvalue weighted by Crippen LogP contribution is 2.29. The second kappa shape index (κ2) is 6.73. The molecular formula is C16H25BrFN3. The quantitative estimate of drug-likeness (QED) is 0.902. The summed E-state index contributed by atoms with van der Waals surface area (Å²) in [5.41, 5.74) is 7.12. The number of piperazine rings is 1. The number of benzene rings is 1. The summed E-state index contributed by atoms with van der Waals surface area (Å²) < 4.78 is 14.5. The summed E-state index contributed by atoms with van der Waals surface area (Å²) >= 11 is 3.52. The third kappa shape index (κ3) is 4.03. The lowest BCUT2D eigenvalue weighted by Gasteiger charge is -2.44. The van der Waals surface area contributed by atoms with E-state index in [1.54, 1.807) is 12.1 Å². The minimum atomic E-state index is -0.208. The Labute approximate surface area is 135 Å². The van der Waals surface area contributed by atoms with Crippen LogP contribution in [0.5, 0.6) is 0 Å². The maximum atomic E-state index is 13.5. The van der Waals surface area contributed by atoms with Crippen molar-refractivity contribution in [2.75, 3.05) is 32.7 Å². The van der Waals surface area contributed by atoms with Crippen molar-refractivity contribution < 1.29 is 4.39 Å². The van der Waals surface area contributed by atoms with Crippen LogP contribution in [-0.4, -0.2) is 48.1 Å². The molecule has 0 spiro atoms. The Morgan fingerprint density at radius 3 is 2.38 bits per heavy atom. The normalized spacial score (nSPS) is 19.7. The second-order valence-electron chi connectivity index (χ2n) is 6.61. The Morgan fingerprint density at radius 2 is 1.86 bits per heavy atom. The largest absolute Gasteiger partial charge is 0.329 e. The highest BCUT2D eigenvalue weighted by Gasteiger charge is 2.29. The number of hydrogen-bond donors (Lipinski definition) is 1. The van der Waals surface area contributed by atoms with Crippen LogP contribution < -0.4 is 5.73 Å². The van der Waals surface area contributed by atoms with Gasteiger partial charge in [-0.2, -0.15) is 0 Å². The van der Waals surface area contributed by atoms with Crippen LogP contribution in [0, 0.1) is 5.82 Å². The van der Waals surface area contributed by atoms with Crippen molar-refractivity contribution >= 4 is 15.9 Å². The van der Waals surface area contributed by atoms with Crippen LogP contribution in [0.1, 0.15) is 32.4 Å². The van der Waals surface area contributed by atoms with Crippen molar-refractivity contribution in [2.24, 2.45) is 5.73 Å². The van der Waals surface area contributed by atoms with E-state index in [0.717, 1.165) is 36.2 Å². The third-order valence-corrected chi connectivity index (χ3v) is 4.97. The summed E-state index contributed by atoms with van der Waals surface area (Å²) in [5.74, 6) is -0.208. The third-order valence-electron chi connectivity index (χ3n) is 4.24. The maximum absolute atomic E-state index is 13.5. The molecule has 5 heteroatoms. The van der Waals surface area contributed by atoms with Crippen molar-refractivity contribution in [3.05, 3.63) is 34.1 Å². The zero-order valence-electron chi connectivity index (χ0n) is 13.1. The van der Waals surface area contributed by atoms with Crippen LogP contribution in [0.2, 0.25) is 0 Å². The SMILES string of the molecule is CC(C)(C)N1CCN(C(CN)c2cc(F)ccc2Br)CC1. The van der Waals surface area contributed by atoms with E-state index in [9.17, 15) is 4.39 Å². The standard InChI is InChI=1S/C16H25BrFN3/c1-16(2,3)21-8-6-20(7-9-21)15(11-19)13-10-12(18)4-5-14(13)17/h4-5,10,15H,6-9,11,19H2,1-3H3. The van der Waals surface area contributed by atoms with E-state index in [-0.39, 0.29) is 17.4 Å². The van der Waals surface area contributed by atoms with Crippen LogP contribution in [0.15, 0.2) is 22.7 Å². The summed E-state index contributed by atoms with van der Waals surface area (Å²) in [7, 11) is 0. The van der Waals surface area contributed by atoms with Gasteiger partial charge in [-0.3, -0.25) is 9.80 Å². The fraction of sp³-hybridized carbons (Fsp3) is 0.625. The molecular weight excluding hydrogens is 333 g/mol. The molecule has 2 N–H and O–H groups in total. The van der Waals surface area contributed by atoms with Gasteiger partial charge < -0.3 is 5.73 Å². The lowest BCUT2D eigenvalue weighted by molar-refractivity contribution is 0.0431. The number of nitrogens with zero attached hydrogens (tertiary/aromatic N) is 2. The van der Waals surface area contributed by atoms with Gasteiger partial charge >= 0.3 is 0 Å². The van der Waals surface area contributed by atoms with E-state index in [0.29, 0.717) is 6.54 Å². The smallest absolute Gasteiger partial charge is 0.123 e. The van der Waals surface area contributed by atoms with Gasteiger partial charge in [0.1, 0.15) is 5.82 Å². The monoisotopic (exact) mass is 357 g/mol. The van der Waals surface area contributed by atoms with Crippen molar-refractivity contribution in [3.8, 4) is 0 Å². The van der Waals surface area contributed by atoms with Gasteiger partial charge in [0.15, 0.2) is 0 Å². The molecule has 0 radical (unpaired) electrons. The van der Waals surface area contributed by atoms with Gasteiger partial charge in [-0.1, -0.05) is 15.9 Å². The molecule has 1 unspecified atom stereocenters. The van der Waals surface area contributed by atoms with E-state index < -0.39 is 0 Å². The lowest BCUT2D eigenvalue weighted by atomic mass is 10.0. The summed E-state index contributed by atoms with van der Waals surface area (Å²) in [5, 5.41) is 0. The Bertz CT molecular complexity index is 479. The Morgan fingerprint density at radius 1 is 1.24 bits per heavy atom. The van der Waals surface area contributed by atoms with Crippen molar-refractivity contribution in [1.82, 2.24) is 9.80 Å². The van der Waals surface area contributed by atoms with Gasteiger partial charge in [0, 0.05) is 48.8 Å². The molecule has 0 bridgehead atoms. The molecule has 1 atom stereocenters. The number of nitrogens with two attached hydrogens (primary N) is 1. The molecule has 1 heterocycles. The van der Waals surface area contributed by atoms with Gasteiger partial charge in [-0.15, -0.1) is 0 Å². The number of hydrogen-bond acceptors (Lipinski definition) is 3. The molecule has 0 aliphatic carbocycles. The Hall–Kier alpha value is -0.490. The molecule has 2 rings (SSSR count). The molecule has 1 saturated heterocycles. The van der Waals surface area contributed by atoms with E-state index in [4.69, 9.17) is 5.73 Å². The molecule has 1 fully saturated rings. The first kappa shape index (κ1) is 16.9. The average Bonchev–Trinajstić information content (AvgIpc) is 2.43. The van der Waals surface area contributed by atoms with Crippen LogP contribution in [0.25, 0.3) is 0 Å². The first-order valence-electron chi connectivity index (χ1n) is 7.47. The summed E-state index contributed by atoms with van der Waals surface area (Å²) in [6, 6.07) is 4.90. The zero-order valence-corrected chi connectivity index (χ0v) is 14.7. The maximum Gasteiger partial charge on any atom is 0.123 e. The summed E-state index contributed by atoms with van der Waals surface area (Å²) in [6.07, 6.45) is 0. The molecule has 0 saturated carbocycles. The van der Waals surface area contributed by atoms with Crippen molar-refractivity contribution in [1.29, 1.82) is 0 Å². The molecule has 118 valence electrons. The molecule has 1 aliphatic heterocycles. The number of halogens is 2. The van der Waals surface area contributed by atoms with Gasteiger partial charge in [-0.25, -0.2) is 4.39 Å². The fourth-order valence-corrected chi connectivity index (χ4v) is 3.46. The van der Waals surface area contributed by atoms with Crippen LogP contribution >= 0.6 is 15.9 Å². The van der Waals surface area contributed by atoms with Crippen LogP contribution in [0.3, 0.4) is 0 Å². The summed E-state index contributed by atoms with van der Waals surface area (Å²) in [4.78, 5) is 4.85. The van der Waals surface area contributed by atoms with Crippen molar-refractivity contribution in [2.45, 2.75) is 32.4 Å². The van der Waals surface area contributed by atoms with E-state index >= 15 is 0 Å². The molecule has 1 aromatic carbocycles. The first-order chi connectivity index (χ1) is 9.82. The lowest BCUT2D eigenvalue weighted by Crippen LogP contribution is -2.54. The predicted octanol–water partition coefficient (Wildman–Crippen LogP) is 3.00. The molecule has 1 aromatic rings.